The molecule has 36 heavy (non-hydrogen) atoms. The van der Waals surface area contributed by atoms with Gasteiger partial charge in [0.25, 0.3) is 0 Å². The van der Waals surface area contributed by atoms with Crippen LogP contribution in [0.15, 0.2) is 23.1 Å². The average molecular weight is 536 g/mol. The second kappa shape index (κ2) is 14.0. The summed E-state index contributed by atoms with van der Waals surface area (Å²) in [5, 5.41) is 8.82. The van der Waals surface area contributed by atoms with Crippen molar-refractivity contribution in [2.45, 2.75) is 71.0 Å². The first-order valence-corrected chi connectivity index (χ1v) is 12.1. The van der Waals surface area contributed by atoms with Crippen LogP contribution in [0.4, 0.5) is 13.2 Å². The van der Waals surface area contributed by atoms with Gasteiger partial charge in [-0.15, -0.1) is 0 Å². The van der Waals surface area contributed by atoms with Crippen LogP contribution in [0.5, 0.6) is 11.5 Å². The molecule has 0 radical (unpaired) electrons. The van der Waals surface area contributed by atoms with Crippen LogP contribution in [-0.4, -0.2) is 40.6 Å². The number of alkyl halides is 4. The van der Waals surface area contributed by atoms with Crippen LogP contribution in [0.25, 0.3) is 10.9 Å². The van der Waals surface area contributed by atoms with Crippen LogP contribution in [0.2, 0.25) is 0 Å². The Hall–Kier alpha value is -2.95. The summed E-state index contributed by atoms with van der Waals surface area (Å²) in [4.78, 5) is 34.1. The van der Waals surface area contributed by atoms with Crippen molar-refractivity contribution in [2.75, 3.05) is 12.9 Å². The smallest absolute Gasteiger partial charge is 0.406 e. The van der Waals surface area contributed by atoms with Crippen LogP contribution in [0.1, 0.15) is 68.6 Å². The fraction of sp³-hybridized carbons (Fsp3) is 0.542. The molecule has 1 N–H and O–H groups in total. The Balaban J connectivity index is 0.000000284. The lowest BCUT2D eigenvalue weighted by molar-refractivity contribution is -0.142. The van der Waals surface area contributed by atoms with Crippen molar-refractivity contribution in [3.63, 3.8) is 0 Å². The summed E-state index contributed by atoms with van der Waals surface area (Å²) in [6.07, 6.45) is 5.13. The SMILES string of the molecule is CCCCCCCCCC(=O)OCCl.O=C(O)c1cn(CC(F)(F)F)c2cc3c(cc2c1=O)OCO3. The summed E-state index contributed by atoms with van der Waals surface area (Å²) in [6.45, 7) is 0.663. The van der Waals surface area contributed by atoms with Gasteiger partial charge in [-0.05, 0) is 12.5 Å². The summed E-state index contributed by atoms with van der Waals surface area (Å²) < 4.78 is 53.4. The van der Waals surface area contributed by atoms with E-state index in [1.165, 1.54) is 44.2 Å². The largest absolute Gasteiger partial charge is 0.477 e. The van der Waals surface area contributed by atoms with E-state index in [1.54, 1.807) is 0 Å². The number of carboxylic acid groups (broad SMARTS) is 1. The molecule has 2 heterocycles. The Morgan fingerprint density at radius 3 is 2.28 bits per heavy atom. The van der Waals surface area contributed by atoms with Crippen LogP contribution < -0.4 is 14.9 Å². The van der Waals surface area contributed by atoms with Crippen LogP contribution in [-0.2, 0) is 16.1 Å². The van der Waals surface area contributed by atoms with Crippen molar-refractivity contribution in [1.29, 1.82) is 0 Å². The summed E-state index contributed by atoms with van der Waals surface area (Å²) >= 11 is 5.25. The molecule has 0 unspecified atom stereocenters. The maximum Gasteiger partial charge on any atom is 0.406 e. The molecular formula is C24H29ClF3NO7. The number of halogens is 4. The van der Waals surface area contributed by atoms with Crippen molar-refractivity contribution in [2.24, 2.45) is 0 Å². The number of aromatic nitrogens is 1. The Kier molecular flexibility index (Phi) is 11.4. The van der Waals surface area contributed by atoms with E-state index < -0.39 is 29.7 Å². The van der Waals surface area contributed by atoms with E-state index >= 15 is 0 Å². The highest BCUT2D eigenvalue weighted by molar-refractivity contribution is 6.17. The Labute approximate surface area is 210 Å². The van der Waals surface area contributed by atoms with E-state index in [1.807, 2.05) is 0 Å². The first-order valence-electron chi connectivity index (χ1n) is 11.6. The molecular weight excluding hydrogens is 507 g/mol. The fourth-order valence-corrected chi connectivity index (χ4v) is 3.74. The molecule has 0 aliphatic carbocycles. The number of nitrogens with zero attached hydrogens (tertiary/aromatic N) is 1. The number of rotatable bonds is 11. The molecule has 0 atom stereocenters. The van der Waals surface area contributed by atoms with Gasteiger partial charge in [0.05, 0.1) is 10.9 Å². The summed E-state index contributed by atoms with van der Waals surface area (Å²) in [5.74, 6) is -1.38. The van der Waals surface area contributed by atoms with Gasteiger partial charge in [-0.2, -0.15) is 13.2 Å². The van der Waals surface area contributed by atoms with Gasteiger partial charge in [0.2, 0.25) is 12.2 Å². The number of aromatic carboxylic acids is 1. The first-order chi connectivity index (χ1) is 17.1. The highest BCUT2D eigenvalue weighted by Gasteiger charge is 2.30. The maximum atomic E-state index is 12.7. The van der Waals surface area contributed by atoms with E-state index in [-0.39, 0.29) is 41.2 Å². The number of ether oxygens (including phenoxy) is 3. The predicted octanol–water partition coefficient (Wildman–Crippen LogP) is 5.86. The van der Waals surface area contributed by atoms with Gasteiger partial charge in [-0.25, -0.2) is 4.79 Å². The molecule has 1 aromatic carbocycles. The number of benzene rings is 1. The fourth-order valence-electron chi connectivity index (χ4n) is 3.62. The zero-order valence-electron chi connectivity index (χ0n) is 19.9. The number of hydrogen-bond donors (Lipinski definition) is 1. The molecule has 0 spiro atoms. The molecule has 0 fully saturated rings. The second-order valence-corrected chi connectivity index (χ2v) is 8.36. The molecule has 1 aromatic heterocycles. The third-order valence-corrected chi connectivity index (χ3v) is 5.46. The van der Waals surface area contributed by atoms with Crippen molar-refractivity contribution >= 4 is 34.4 Å². The highest BCUT2D eigenvalue weighted by atomic mass is 35.5. The lowest BCUT2D eigenvalue weighted by atomic mass is 10.1. The number of carbonyl (C=O) groups is 2. The van der Waals surface area contributed by atoms with E-state index in [9.17, 15) is 27.6 Å². The Morgan fingerprint density at radius 2 is 1.69 bits per heavy atom. The number of hydrogen-bond acceptors (Lipinski definition) is 6. The van der Waals surface area contributed by atoms with Gasteiger partial charge in [0, 0.05) is 18.7 Å². The van der Waals surface area contributed by atoms with Crippen LogP contribution >= 0.6 is 11.6 Å². The van der Waals surface area contributed by atoms with E-state index in [2.05, 4.69) is 11.7 Å². The van der Waals surface area contributed by atoms with Gasteiger partial charge in [0.15, 0.2) is 17.6 Å². The molecule has 12 heteroatoms. The third-order valence-electron chi connectivity index (χ3n) is 5.35. The number of carbonyl (C=O) groups excluding carboxylic acids is 1. The van der Waals surface area contributed by atoms with Gasteiger partial charge in [0.1, 0.15) is 12.1 Å². The molecule has 0 amide bonds. The minimum atomic E-state index is -4.58. The molecule has 2 aromatic rings. The van der Waals surface area contributed by atoms with E-state index in [0.29, 0.717) is 17.2 Å². The summed E-state index contributed by atoms with van der Waals surface area (Å²) in [7, 11) is 0. The number of unbranched alkanes of at least 4 members (excludes halogenated alkanes) is 6. The molecule has 0 saturated carbocycles. The maximum absolute atomic E-state index is 12.7. The minimum absolute atomic E-state index is 0.0185. The average Bonchev–Trinajstić information content (AvgIpc) is 3.26. The minimum Gasteiger partial charge on any atom is -0.477 e. The van der Waals surface area contributed by atoms with Crippen molar-refractivity contribution in [1.82, 2.24) is 4.57 Å². The number of esters is 1. The predicted molar refractivity (Wildman–Crippen MR) is 127 cm³/mol. The quantitative estimate of drug-likeness (QED) is 0.218. The lowest BCUT2D eigenvalue weighted by Gasteiger charge is -2.14. The second-order valence-electron chi connectivity index (χ2n) is 8.14. The molecule has 3 rings (SSSR count). The van der Waals surface area contributed by atoms with E-state index in [0.717, 1.165) is 12.8 Å². The lowest BCUT2D eigenvalue weighted by Crippen LogP contribution is -2.23. The molecule has 0 saturated heterocycles. The van der Waals surface area contributed by atoms with Gasteiger partial charge < -0.3 is 23.9 Å². The molecule has 0 bridgehead atoms. The van der Waals surface area contributed by atoms with Crippen molar-refractivity contribution in [3.8, 4) is 11.5 Å². The first kappa shape index (κ1) is 29.3. The van der Waals surface area contributed by atoms with E-state index in [4.69, 9.17) is 26.2 Å². The number of fused-ring (bicyclic) bond motifs is 2. The van der Waals surface area contributed by atoms with Gasteiger partial charge in [-0.3, -0.25) is 9.59 Å². The van der Waals surface area contributed by atoms with Crippen LogP contribution in [0.3, 0.4) is 0 Å². The topological polar surface area (TPSA) is 104 Å². The molecule has 1 aliphatic heterocycles. The van der Waals surface area contributed by atoms with Gasteiger partial charge in [-0.1, -0.05) is 57.0 Å². The molecule has 8 nitrogen and oxygen atoms in total. The standard InChI is InChI=1S/C13H8F3NO5.C11H21ClO2/c14-13(15,16)4-17-3-7(12(19)20)11(18)6-1-9-10(2-8(6)17)22-5-21-9;1-2-3-4-5-6-7-8-9-11(13)14-10-12/h1-3H,4-5H2,(H,19,20);2-10H2,1H3. The molecule has 1 aliphatic rings. The Bertz CT molecular complexity index is 1100. The highest BCUT2D eigenvalue weighted by Crippen LogP contribution is 2.35. The zero-order valence-corrected chi connectivity index (χ0v) is 20.6. The normalized spacial score (nSPS) is 12.2. The molecule has 200 valence electrons. The number of pyridine rings is 1. The monoisotopic (exact) mass is 535 g/mol. The summed E-state index contributed by atoms with van der Waals surface area (Å²) in [6, 6.07) is 2.41. The number of carboxylic acids is 1. The summed E-state index contributed by atoms with van der Waals surface area (Å²) in [5.41, 5.74) is -1.69. The zero-order chi connectivity index (χ0) is 26.7. The third kappa shape index (κ3) is 8.92. The van der Waals surface area contributed by atoms with Gasteiger partial charge >= 0.3 is 18.1 Å². The van der Waals surface area contributed by atoms with Crippen LogP contribution in [0, 0.1) is 0 Å². The van der Waals surface area contributed by atoms with Crippen molar-refractivity contribution < 1.29 is 42.1 Å². The van der Waals surface area contributed by atoms with Crippen molar-refractivity contribution in [3.05, 3.63) is 34.1 Å². The Morgan fingerprint density at radius 1 is 1.08 bits per heavy atom.